The van der Waals surface area contributed by atoms with Gasteiger partial charge < -0.3 is 11.5 Å². The fraction of sp³-hybridized carbons (Fsp3) is 0. The summed E-state index contributed by atoms with van der Waals surface area (Å²) >= 11 is 1.04. The van der Waals surface area contributed by atoms with Crippen molar-refractivity contribution in [2.45, 2.75) is 0 Å². The van der Waals surface area contributed by atoms with Gasteiger partial charge in [0.25, 0.3) is 0 Å². The van der Waals surface area contributed by atoms with E-state index in [9.17, 15) is 4.39 Å². The minimum Gasteiger partial charge on any atom is -0.398 e. The largest absolute Gasteiger partial charge is 0.398 e. The molecule has 0 aliphatic rings. The van der Waals surface area contributed by atoms with Crippen LogP contribution in [0.3, 0.4) is 0 Å². The predicted molar refractivity (Wildman–Crippen MR) is 55.3 cm³/mol. The first kappa shape index (κ1) is 8.78. The predicted octanol–water partition coefficient (Wildman–Crippen LogP) is 2.08. The molecule has 0 radical (unpaired) electrons. The number of nitrogens with two attached hydrogens (primary N) is 2. The number of hydrogen-bond donors (Lipinski definition) is 2. The van der Waals surface area contributed by atoms with Crippen molar-refractivity contribution < 1.29 is 4.39 Å². The Kier molecular flexibility index (Phi) is 1.79. The van der Waals surface area contributed by atoms with Gasteiger partial charge in [0.1, 0.15) is 16.9 Å². The molecule has 1 aromatic carbocycles. The zero-order valence-corrected chi connectivity index (χ0v) is 7.86. The van der Waals surface area contributed by atoms with Crippen LogP contribution >= 0.6 is 11.3 Å². The molecule has 0 unspecified atom stereocenters. The van der Waals surface area contributed by atoms with E-state index in [0.717, 1.165) is 11.3 Å². The standard InChI is InChI=1S/C9H6FN3S/c10-5-1-2-6(12)7-4(3-11)9(13)14-8(5)7/h1-2H,12-13H2. The lowest BCUT2D eigenvalue weighted by Gasteiger charge is -1.96. The summed E-state index contributed by atoms with van der Waals surface area (Å²) in [5.74, 6) is -0.396. The third kappa shape index (κ3) is 1.01. The fourth-order valence-corrected chi connectivity index (χ4v) is 2.28. The average molecular weight is 207 g/mol. The van der Waals surface area contributed by atoms with Gasteiger partial charge in [0.05, 0.1) is 10.3 Å². The molecule has 0 spiro atoms. The van der Waals surface area contributed by atoms with E-state index >= 15 is 0 Å². The molecule has 3 nitrogen and oxygen atoms in total. The maximum atomic E-state index is 13.3. The molecule has 2 aromatic rings. The zero-order valence-electron chi connectivity index (χ0n) is 7.04. The van der Waals surface area contributed by atoms with Crippen molar-refractivity contribution in [2.75, 3.05) is 11.5 Å². The average Bonchev–Trinajstić information content (AvgIpc) is 2.50. The van der Waals surface area contributed by atoms with Crippen molar-refractivity contribution in [3.05, 3.63) is 23.5 Å². The van der Waals surface area contributed by atoms with Crippen molar-refractivity contribution >= 4 is 32.1 Å². The molecule has 2 rings (SSSR count). The molecule has 70 valence electrons. The minimum absolute atomic E-state index is 0.266. The van der Waals surface area contributed by atoms with E-state index in [1.54, 1.807) is 0 Å². The highest BCUT2D eigenvalue weighted by molar-refractivity contribution is 7.23. The van der Waals surface area contributed by atoms with Crippen LogP contribution in [0.1, 0.15) is 5.56 Å². The molecular formula is C9H6FN3S. The molecule has 0 aliphatic carbocycles. The molecule has 0 bridgehead atoms. The Labute approximate surface area is 83.4 Å². The van der Waals surface area contributed by atoms with Gasteiger partial charge in [0, 0.05) is 11.1 Å². The molecule has 0 amide bonds. The van der Waals surface area contributed by atoms with E-state index in [1.807, 2.05) is 6.07 Å². The maximum Gasteiger partial charge on any atom is 0.141 e. The number of nitrogens with zero attached hydrogens (tertiary/aromatic N) is 1. The first-order valence-electron chi connectivity index (χ1n) is 3.81. The number of hydrogen-bond acceptors (Lipinski definition) is 4. The van der Waals surface area contributed by atoms with E-state index < -0.39 is 5.82 Å². The number of nitrogen functional groups attached to an aromatic ring is 2. The zero-order chi connectivity index (χ0) is 10.3. The topological polar surface area (TPSA) is 75.8 Å². The number of fused-ring (bicyclic) bond motifs is 1. The normalized spacial score (nSPS) is 10.3. The molecule has 0 atom stereocenters. The van der Waals surface area contributed by atoms with Crippen LogP contribution in [0.2, 0.25) is 0 Å². The summed E-state index contributed by atoms with van der Waals surface area (Å²) in [5, 5.41) is 9.55. The second-order valence-corrected chi connectivity index (χ2v) is 3.85. The lowest BCUT2D eigenvalue weighted by molar-refractivity contribution is 0.642. The van der Waals surface area contributed by atoms with Crippen LogP contribution in [-0.4, -0.2) is 0 Å². The summed E-state index contributed by atoms with van der Waals surface area (Å²) in [6, 6.07) is 4.63. The number of thiophene rings is 1. The second-order valence-electron chi connectivity index (χ2n) is 2.79. The van der Waals surface area contributed by atoms with Gasteiger partial charge in [0.2, 0.25) is 0 Å². The van der Waals surface area contributed by atoms with E-state index in [2.05, 4.69) is 0 Å². The Morgan fingerprint density at radius 2 is 2.07 bits per heavy atom. The summed E-state index contributed by atoms with van der Waals surface area (Å²) in [6.07, 6.45) is 0. The summed E-state index contributed by atoms with van der Waals surface area (Å²) in [7, 11) is 0. The molecule has 4 N–H and O–H groups in total. The van der Waals surface area contributed by atoms with Crippen molar-refractivity contribution in [1.82, 2.24) is 0 Å². The van der Waals surface area contributed by atoms with Crippen molar-refractivity contribution in [3.63, 3.8) is 0 Å². The first-order chi connectivity index (χ1) is 6.65. The molecule has 5 heteroatoms. The summed E-state index contributed by atoms with van der Waals surface area (Å²) in [4.78, 5) is 0. The third-order valence-electron chi connectivity index (χ3n) is 1.96. The minimum atomic E-state index is -0.396. The molecular weight excluding hydrogens is 201 g/mol. The monoisotopic (exact) mass is 207 g/mol. The van der Waals surface area contributed by atoms with Gasteiger partial charge in [-0.2, -0.15) is 5.26 Å². The van der Waals surface area contributed by atoms with Gasteiger partial charge in [-0.05, 0) is 12.1 Å². The van der Waals surface area contributed by atoms with Crippen LogP contribution in [0, 0.1) is 17.1 Å². The van der Waals surface area contributed by atoms with Crippen LogP contribution in [0.4, 0.5) is 15.1 Å². The summed E-state index contributed by atoms with van der Waals surface area (Å²) < 4.78 is 13.6. The number of benzene rings is 1. The number of rotatable bonds is 0. The molecule has 1 heterocycles. The van der Waals surface area contributed by atoms with Crippen LogP contribution in [-0.2, 0) is 0 Å². The van der Waals surface area contributed by atoms with E-state index in [1.165, 1.54) is 12.1 Å². The highest BCUT2D eigenvalue weighted by atomic mass is 32.1. The van der Waals surface area contributed by atoms with Gasteiger partial charge >= 0.3 is 0 Å². The maximum absolute atomic E-state index is 13.3. The molecule has 0 aliphatic heterocycles. The Balaban J connectivity index is 3.03. The number of halogens is 1. The van der Waals surface area contributed by atoms with E-state index in [-0.39, 0.29) is 5.56 Å². The highest BCUT2D eigenvalue weighted by Crippen LogP contribution is 2.37. The smallest absolute Gasteiger partial charge is 0.141 e. The number of anilines is 2. The van der Waals surface area contributed by atoms with E-state index in [0.29, 0.717) is 20.8 Å². The van der Waals surface area contributed by atoms with Gasteiger partial charge in [0.15, 0.2) is 0 Å². The molecule has 0 saturated carbocycles. The first-order valence-corrected chi connectivity index (χ1v) is 4.63. The fourth-order valence-electron chi connectivity index (χ4n) is 1.33. The Hall–Kier alpha value is -1.80. The lowest BCUT2D eigenvalue weighted by atomic mass is 10.1. The van der Waals surface area contributed by atoms with Crippen molar-refractivity contribution in [2.24, 2.45) is 0 Å². The van der Waals surface area contributed by atoms with Gasteiger partial charge in [-0.1, -0.05) is 0 Å². The van der Waals surface area contributed by atoms with Crippen LogP contribution in [0.25, 0.3) is 10.1 Å². The second kappa shape index (κ2) is 2.86. The van der Waals surface area contributed by atoms with Crippen LogP contribution < -0.4 is 11.5 Å². The van der Waals surface area contributed by atoms with Gasteiger partial charge in [-0.15, -0.1) is 11.3 Å². The quantitative estimate of drug-likeness (QED) is 0.649. The van der Waals surface area contributed by atoms with Gasteiger partial charge in [-0.25, -0.2) is 4.39 Å². The molecule has 1 aromatic heterocycles. The van der Waals surface area contributed by atoms with Crippen LogP contribution in [0.15, 0.2) is 12.1 Å². The SMILES string of the molecule is N#Cc1c(N)sc2c(F)ccc(N)c12. The van der Waals surface area contributed by atoms with Crippen molar-refractivity contribution in [1.29, 1.82) is 5.26 Å². The third-order valence-corrected chi connectivity index (χ3v) is 2.99. The molecule has 14 heavy (non-hydrogen) atoms. The Bertz CT molecular complexity index is 553. The van der Waals surface area contributed by atoms with Gasteiger partial charge in [-0.3, -0.25) is 0 Å². The summed E-state index contributed by atoms with van der Waals surface area (Å²) in [6.45, 7) is 0. The Morgan fingerprint density at radius 1 is 1.36 bits per heavy atom. The molecule has 0 fully saturated rings. The lowest BCUT2D eigenvalue weighted by Crippen LogP contribution is -1.89. The molecule has 0 saturated heterocycles. The highest BCUT2D eigenvalue weighted by Gasteiger charge is 2.14. The van der Waals surface area contributed by atoms with E-state index in [4.69, 9.17) is 16.7 Å². The number of nitriles is 1. The van der Waals surface area contributed by atoms with Crippen LogP contribution in [0.5, 0.6) is 0 Å². The Morgan fingerprint density at radius 3 is 2.71 bits per heavy atom. The summed E-state index contributed by atoms with van der Waals surface area (Å²) in [5.41, 5.74) is 11.9. The van der Waals surface area contributed by atoms with Crippen molar-refractivity contribution in [3.8, 4) is 6.07 Å².